The average molecular weight is 312 g/mol. The second kappa shape index (κ2) is 4.52. The van der Waals surface area contributed by atoms with Crippen LogP contribution in [-0.2, 0) is 24.5 Å². The topological polar surface area (TPSA) is 0 Å². The minimum absolute atomic E-state index is 0.630. The molecule has 1 fully saturated rings. The fraction of sp³-hybridized carbons (Fsp3) is 0.429. The molecule has 0 aromatic heterocycles. The molecule has 0 amide bonds. The van der Waals surface area contributed by atoms with Crippen LogP contribution in [0, 0.1) is 0 Å². The summed E-state index contributed by atoms with van der Waals surface area (Å²) in [6, 6.07) is 0. The molecule has 4 heteroatoms. The quantitative estimate of drug-likeness (QED) is 0.437. The van der Waals surface area contributed by atoms with Crippen molar-refractivity contribution in [3.05, 3.63) is 46.6 Å². The Morgan fingerprint density at radius 3 is 1.67 bits per heavy atom. The van der Waals surface area contributed by atoms with E-state index in [0.29, 0.717) is 11.3 Å². The van der Waals surface area contributed by atoms with Crippen molar-refractivity contribution in [2.75, 3.05) is 0 Å². The average Bonchev–Trinajstić information content (AvgIpc) is 2.89. The zero-order valence-corrected chi connectivity index (χ0v) is 14.2. The van der Waals surface area contributed by atoms with Crippen LogP contribution in [0.2, 0.25) is 0 Å². The third-order valence-corrected chi connectivity index (χ3v) is 15.3. The van der Waals surface area contributed by atoms with E-state index in [1.165, 1.54) is 23.5 Å². The maximum atomic E-state index is 6.08. The number of hydrogen-bond acceptors (Lipinski definition) is 2. The second-order valence-corrected chi connectivity index (χ2v) is 15.3. The van der Waals surface area contributed by atoms with Gasteiger partial charge in [0.05, 0.1) is 11.3 Å². The molecule has 4 atom stereocenters. The van der Waals surface area contributed by atoms with Crippen molar-refractivity contribution in [3.8, 4) is 0 Å². The molecule has 0 saturated carbocycles. The van der Waals surface area contributed by atoms with Gasteiger partial charge in [0.15, 0.2) is 0 Å². The Kier molecular flexibility index (Phi) is 3.39. The van der Waals surface area contributed by atoms with Gasteiger partial charge >= 0.3 is 0 Å². The van der Waals surface area contributed by atoms with Crippen LogP contribution < -0.4 is 0 Å². The highest BCUT2D eigenvalue weighted by atomic mass is 32.7. The fourth-order valence-corrected chi connectivity index (χ4v) is 11.6. The minimum atomic E-state index is -1.51. The summed E-state index contributed by atoms with van der Waals surface area (Å²) in [6.45, 7) is 1.67. The van der Waals surface area contributed by atoms with Gasteiger partial charge in [-0.3, -0.25) is 0 Å². The molecule has 18 heavy (non-hydrogen) atoms. The van der Waals surface area contributed by atoms with E-state index in [1.54, 1.807) is 0 Å². The standard InChI is InChI=1S/C14H18P2S2/c1-11-7-8-12(2)16(18)10-4-6-14(16)13-5-3-9-15(11,13)17/h3-6,9-12H,7-8H2,1-2H3/t11-,12-,15?,16?/m0/s1. The highest BCUT2D eigenvalue weighted by Gasteiger charge is 2.48. The molecule has 0 N–H and O–H groups in total. The van der Waals surface area contributed by atoms with Crippen LogP contribution in [0.15, 0.2) is 46.6 Å². The Balaban J connectivity index is 2.12. The van der Waals surface area contributed by atoms with E-state index in [9.17, 15) is 0 Å². The van der Waals surface area contributed by atoms with Crippen molar-refractivity contribution in [2.24, 2.45) is 0 Å². The number of rotatable bonds is 0. The first-order chi connectivity index (χ1) is 8.48. The molecule has 0 nitrogen and oxygen atoms in total. The van der Waals surface area contributed by atoms with Gasteiger partial charge in [0.2, 0.25) is 0 Å². The number of fused-ring (bicyclic) bond motifs is 3. The van der Waals surface area contributed by atoms with Gasteiger partial charge in [-0.05, 0) is 63.9 Å². The summed E-state index contributed by atoms with van der Waals surface area (Å²) >= 11 is 12.2. The van der Waals surface area contributed by atoms with Crippen molar-refractivity contribution < 1.29 is 0 Å². The molecular formula is C14H18P2S2. The van der Waals surface area contributed by atoms with Crippen LogP contribution >= 0.6 is 12.9 Å². The fourth-order valence-electron chi connectivity index (χ4n) is 3.08. The first kappa shape index (κ1) is 13.5. The van der Waals surface area contributed by atoms with Gasteiger partial charge < -0.3 is 24.5 Å². The van der Waals surface area contributed by atoms with Crippen LogP contribution in [0.3, 0.4) is 0 Å². The lowest BCUT2D eigenvalue weighted by Gasteiger charge is -2.44. The largest absolute Gasteiger partial charge is 0.546 e. The summed E-state index contributed by atoms with van der Waals surface area (Å²) in [6.07, 6.45) is 11.4. The van der Waals surface area contributed by atoms with Gasteiger partial charge in [0, 0.05) is 11.6 Å². The minimum Gasteiger partial charge on any atom is -0.546 e. The van der Waals surface area contributed by atoms with Crippen LogP contribution in [-0.4, -0.2) is 11.3 Å². The van der Waals surface area contributed by atoms with Gasteiger partial charge in [-0.15, -0.1) is 0 Å². The van der Waals surface area contributed by atoms with Gasteiger partial charge in [-0.1, -0.05) is 0 Å². The first-order valence-corrected chi connectivity index (χ1v) is 12.4. The van der Waals surface area contributed by atoms with E-state index in [0.717, 1.165) is 0 Å². The first-order valence-electron chi connectivity index (χ1n) is 6.48. The second-order valence-electron chi connectivity index (χ2n) is 5.48. The third kappa shape index (κ3) is 1.76. The molecule has 0 aromatic carbocycles. The normalized spacial score (nSPS) is 46.0. The maximum absolute atomic E-state index is 6.08. The van der Waals surface area contributed by atoms with Crippen LogP contribution in [0.4, 0.5) is 0 Å². The van der Waals surface area contributed by atoms with Gasteiger partial charge in [0.25, 0.3) is 0 Å². The molecule has 0 aromatic rings. The molecule has 0 radical (unpaired) electrons. The summed E-state index contributed by atoms with van der Waals surface area (Å²) in [7, 11) is 0. The molecule has 0 spiro atoms. The Labute approximate surface area is 122 Å². The van der Waals surface area contributed by atoms with E-state index in [4.69, 9.17) is 24.5 Å². The maximum Gasteiger partial charge on any atom is 0.118 e. The van der Waals surface area contributed by atoms with E-state index in [1.807, 2.05) is 0 Å². The molecule has 3 rings (SSSR count). The van der Waals surface area contributed by atoms with Crippen molar-refractivity contribution in [1.29, 1.82) is 0 Å². The van der Waals surface area contributed by atoms with Crippen molar-refractivity contribution in [2.45, 2.75) is 38.0 Å². The summed E-state index contributed by atoms with van der Waals surface area (Å²) < 4.78 is 0. The predicted molar refractivity (Wildman–Crippen MR) is 91.2 cm³/mol. The Morgan fingerprint density at radius 1 is 0.889 bits per heavy atom. The van der Waals surface area contributed by atoms with Crippen molar-refractivity contribution >= 4 is 37.4 Å². The molecule has 0 bridgehead atoms. The molecule has 3 aliphatic heterocycles. The molecule has 3 aliphatic rings. The summed E-state index contributed by atoms with van der Waals surface area (Å²) in [5, 5.41) is 2.87. The summed E-state index contributed by atoms with van der Waals surface area (Å²) in [5.41, 5.74) is 1.26. The molecule has 3 heterocycles. The molecule has 96 valence electrons. The van der Waals surface area contributed by atoms with E-state index < -0.39 is 12.9 Å². The van der Waals surface area contributed by atoms with E-state index >= 15 is 0 Å². The Hall–Kier alpha value is 0.520. The summed E-state index contributed by atoms with van der Waals surface area (Å²) in [4.78, 5) is 0. The lowest BCUT2D eigenvalue weighted by atomic mass is 10.2. The third-order valence-electron chi connectivity index (χ3n) is 4.45. The highest BCUT2D eigenvalue weighted by Crippen LogP contribution is 2.84. The zero-order valence-electron chi connectivity index (χ0n) is 10.7. The number of hydrogen-bond donors (Lipinski definition) is 0. The van der Waals surface area contributed by atoms with Gasteiger partial charge in [-0.25, -0.2) is 0 Å². The Bertz CT molecular complexity index is 460. The van der Waals surface area contributed by atoms with Gasteiger partial charge in [-0.2, -0.15) is 0 Å². The number of allylic oxidation sites excluding steroid dienone is 6. The lowest BCUT2D eigenvalue weighted by molar-refractivity contribution is 0.713. The van der Waals surface area contributed by atoms with Crippen molar-refractivity contribution in [3.63, 3.8) is 0 Å². The molecule has 0 aliphatic carbocycles. The van der Waals surface area contributed by atoms with E-state index in [-0.39, 0.29) is 0 Å². The van der Waals surface area contributed by atoms with Crippen molar-refractivity contribution in [1.82, 2.24) is 0 Å². The summed E-state index contributed by atoms with van der Waals surface area (Å²) in [5.74, 6) is 4.63. The lowest BCUT2D eigenvalue weighted by Crippen LogP contribution is -2.18. The molecule has 2 unspecified atom stereocenters. The predicted octanol–water partition coefficient (Wildman–Crippen LogP) is 5.34. The smallest absolute Gasteiger partial charge is 0.118 e. The Morgan fingerprint density at radius 2 is 1.28 bits per heavy atom. The molecule has 1 saturated heterocycles. The van der Waals surface area contributed by atoms with Gasteiger partial charge in [0.1, 0.15) is 10.6 Å². The van der Waals surface area contributed by atoms with E-state index in [2.05, 4.69) is 49.8 Å². The highest BCUT2D eigenvalue weighted by molar-refractivity contribution is 8.48. The molecular weight excluding hydrogens is 294 g/mol. The van der Waals surface area contributed by atoms with Crippen LogP contribution in [0.5, 0.6) is 0 Å². The zero-order chi connectivity index (χ0) is 13.0. The monoisotopic (exact) mass is 312 g/mol. The SMILES string of the molecule is C[C@H]1CC[C@H](C)[P+]2([S-])C=CC=C2C2=CC=C[P+]21[S-]. The van der Waals surface area contributed by atoms with Crippen LogP contribution in [0.1, 0.15) is 26.7 Å². The van der Waals surface area contributed by atoms with Crippen LogP contribution in [0.25, 0.3) is 0 Å².